The molecule has 3 heteroatoms. The maximum absolute atomic E-state index is 9.42. The molecule has 0 bridgehead atoms. The second-order valence-corrected chi connectivity index (χ2v) is 7.40. The van der Waals surface area contributed by atoms with E-state index in [1.807, 2.05) is 0 Å². The predicted molar refractivity (Wildman–Crippen MR) is 81.3 cm³/mol. The molecule has 3 atom stereocenters. The van der Waals surface area contributed by atoms with Gasteiger partial charge in [0.05, 0.1) is 6.07 Å². The number of nitrogens with zero attached hydrogens (tertiary/aromatic N) is 2. The van der Waals surface area contributed by atoms with Crippen LogP contribution in [0.1, 0.15) is 64.7 Å². The van der Waals surface area contributed by atoms with Crippen molar-refractivity contribution in [2.75, 3.05) is 13.1 Å². The molecule has 3 unspecified atom stereocenters. The summed E-state index contributed by atoms with van der Waals surface area (Å²) in [5.41, 5.74) is -0.299. The molecule has 1 aliphatic heterocycles. The highest BCUT2D eigenvalue weighted by atomic mass is 15.2. The molecule has 2 saturated carbocycles. The summed E-state index contributed by atoms with van der Waals surface area (Å²) >= 11 is 0. The van der Waals surface area contributed by atoms with Crippen LogP contribution in [0, 0.1) is 17.2 Å². The zero-order chi connectivity index (χ0) is 14.0. The fraction of sp³-hybridized carbons (Fsp3) is 0.941. The lowest BCUT2D eigenvalue weighted by atomic mass is 9.85. The van der Waals surface area contributed by atoms with Crippen LogP contribution in [-0.4, -0.2) is 35.6 Å². The van der Waals surface area contributed by atoms with Gasteiger partial charge in [0.15, 0.2) is 0 Å². The van der Waals surface area contributed by atoms with Crippen molar-refractivity contribution in [2.45, 2.75) is 82.3 Å². The highest BCUT2D eigenvalue weighted by Gasteiger charge is 2.36. The highest BCUT2D eigenvalue weighted by Crippen LogP contribution is 2.36. The summed E-state index contributed by atoms with van der Waals surface area (Å²) in [6.07, 6.45) is 11.8. The van der Waals surface area contributed by atoms with E-state index in [1.165, 1.54) is 58.0 Å². The maximum atomic E-state index is 9.42. The molecular formula is C17H29N3. The molecule has 112 valence electrons. The van der Waals surface area contributed by atoms with Gasteiger partial charge in [-0.2, -0.15) is 5.26 Å². The average molecular weight is 275 g/mol. The fourth-order valence-electron chi connectivity index (χ4n) is 4.25. The van der Waals surface area contributed by atoms with Gasteiger partial charge in [0.2, 0.25) is 0 Å². The summed E-state index contributed by atoms with van der Waals surface area (Å²) < 4.78 is 0. The number of nitrogens with one attached hydrogen (secondary N) is 1. The molecule has 0 aromatic rings. The summed E-state index contributed by atoms with van der Waals surface area (Å²) in [5, 5.41) is 12.9. The van der Waals surface area contributed by atoms with Gasteiger partial charge < -0.3 is 4.90 Å². The first-order chi connectivity index (χ1) is 9.70. The minimum absolute atomic E-state index is 0.299. The van der Waals surface area contributed by atoms with Gasteiger partial charge in [-0.15, -0.1) is 0 Å². The second kappa shape index (κ2) is 6.03. The minimum atomic E-state index is -0.299. The Labute approximate surface area is 123 Å². The molecule has 1 heterocycles. The first kappa shape index (κ1) is 14.4. The molecule has 3 rings (SSSR count). The number of hydrogen-bond donors (Lipinski definition) is 1. The fourth-order valence-corrected chi connectivity index (χ4v) is 4.25. The largest absolute Gasteiger partial charge is 0.300 e. The lowest BCUT2D eigenvalue weighted by Gasteiger charge is -2.32. The first-order valence-corrected chi connectivity index (χ1v) is 8.63. The van der Waals surface area contributed by atoms with Crippen LogP contribution in [0.3, 0.4) is 0 Å². The Balaban J connectivity index is 1.43. The third kappa shape index (κ3) is 3.35. The summed E-state index contributed by atoms with van der Waals surface area (Å²) in [5.74, 6) is 0.982. The van der Waals surface area contributed by atoms with E-state index in [2.05, 4.69) is 23.2 Å². The molecule has 0 radical (unpaired) electrons. The summed E-state index contributed by atoms with van der Waals surface area (Å²) in [4.78, 5) is 2.72. The van der Waals surface area contributed by atoms with E-state index in [9.17, 15) is 5.26 Å². The second-order valence-electron chi connectivity index (χ2n) is 7.40. The van der Waals surface area contributed by atoms with Gasteiger partial charge in [0.1, 0.15) is 5.54 Å². The third-order valence-electron chi connectivity index (χ3n) is 5.59. The SMILES string of the molecule is CC(C#N)(CCCN1CCC2CCCCC21)NC1CC1. The third-order valence-corrected chi connectivity index (χ3v) is 5.59. The van der Waals surface area contributed by atoms with Crippen LogP contribution < -0.4 is 5.32 Å². The Bertz CT molecular complexity index is 371. The lowest BCUT2D eigenvalue weighted by molar-refractivity contribution is 0.176. The van der Waals surface area contributed by atoms with Crippen LogP contribution in [0.4, 0.5) is 0 Å². The number of likely N-dealkylation sites (tertiary alicyclic amines) is 1. The van der Waals surface area contributed by atoms with Crippen molar-refractivity contribution in [3.8, 4) is 6.07 Å². The molecule has 0 amide bonds. The van der Waals surface area contributed by atoms with Crippen molar-refractivity contribution in [3.05, 3.63) is 0 Å². The van der Waals surface area contributed by atoms with E-state index in [4.69, 9.17) is 0 Å². The molecular weight excluding hydrogens is 246 g/mol. The van der Waals surface area contributed by atoms with Crippen molar-refractivity contribution < 1.29 is 0 Å². The average Bonchev–Trinajstić information content (AvgIpc) is 3.17. The van der Waals surface area contributed by atoms with Gasteiger partial charge in [0, 0.05) is 12.1 Å². The smallest absolute Gasteiger partial charge is 0.104 e. The number of hydrogen-bond acceptors (Lipinski definition) is 3. The van der Waals surface area contributed by atoms with Gasteiger partial charge in [-0.05, 0) is 70.9 Å². The van der Waals surface area contributed by atoms with Crippen molar-refractivity contribution >= 4 is 0 Å². The van der Waals surface area contributed by atoms with E-state index < -0.39 is 0 Å². The highest BCUT2D eigenvalue weighted by molar-refractivity contribution is 5.07. The standard InChI is InChI=1S/C17H29N3/c1-17(13-18,19-15-7-8-15)10-4-11-20-12-9-14-5-2-3-6-16(14)20/h14-16,19H,2-12H2,1H3. The van der Waals surface area contributed by atoms with E-state index in [1.54, 1.807) is 0 Å². The zero-order valence-corrected chi connectivity index (χ0v) is 12.9. The van der Waals surface area contributed by atoms with Crippen molar-refractivity contribution in [1.29, 1.82) is 5.26 Å². The van der Waals surface area contributed by atoms with Gasteiger partial charge in [-0.1, -0.05) is 12.8 Å². The number of rotatable bonds is 6. The monoisotopic (exact) mass is 275 g/mol. The van der Waals surface area contributed by atoms with Crippen LogP contribution in [0.25, 0.3) is 0 Å². The van der Waals surface area contributed by atoms with Crippen molar-refractivity contribution in [3.63, 3.8) is 0 Å². The van der Waals surface area contributed by atoms with Gasteiger partial charge in [0.25, 0.3) is 0 Å². The van der Waals surface area contributed by atoms with E-state index in [0.717, 1.165) is 24.8 Å². The predicted octanol–water partition coefficient (Wildman–Crippen LogP) is 3.07. The summed E-state index contributed by atoms with van der Waals surface area (Å²) in [6, 6.07) is 3.99. The zero-order valence-electron chi connectivity index (χ0n) is 12.9. The first-order valence-electron chi connectivity index (χ1n) is 8.63. The molecule has 3 nitrogen and oxygen atoms in total. The summed E-state index contributed by atoms with van der Waals surface area (Å²) in [7, 11) is 0. The van der Waals surface area contributed by atoms with Crippen LogP contribution in [-0.2, 0) is 0 Å². The minimum Gasteiger partial charge on any atom is -0.300 e. The van der Waals surface area contributed by atoms with Crippen LogP contribution in [0.5, 0.6) is 0 Å². The topological polar surface area (TPSA) is 39.1 Å². The van der Waals surface area contributed by atoms with Crippen molar-refractivity contribution in [2.24, 2.45) is 5.92 Å². The lowest BCUT2D eigenvalue weighted by Crippen LogP contribution is -2.43. The number of fused-ring (bicyclic) bond motifs is 1. The van der Waals surface area contributed by atoms with Crippen molar-refractivity contribution in [1.82, 2.24) is 10.2 Å². The molecule has 1 saturated heterocycles. The molecule has 2 aliphatic carbocycles. The molecule has 20 heavy (non-hydrogen) atoms. The van der Waals surface area contributed by atoms with Crippen LogP contribution in [0.2, 0.25) is 0 Å². The molecule has 0 aromatic carbocycles. The molecule has 0 spiro atoms. The Morgan fingerprint density at radius 2 is 2.00 bits per heavy atom. The Morgan fingerprint density at radius 1 is 1.20 bits per heavy atom. The van der Waals surface area contributed by atoms with E-state index in [-0.39, 0.29) is 5.54 Å². The van der Waals surface area contributed by atoms with E-state index in [0.29, 0.717) is 6.04 Å². The normalized spacial score (nSPS) is 33.4. The Kier molecular flexibility index (Phi) is 4.33. The molecule has 3 aliphatic rings. The van der Waals surface area contributed by atoms with Crippen LogP contribution in [0.15, 0.2) is 0 Å². The summed E-state index contributed by atoms with van der Waals surface area (Å²) in [6.45, 7) is 4.58. The molecule has 1 N–H and O–H groups in total. The maximum Gasteiger partial charge on any atom is 0.104 e. The van der Waals surface area contributed by atoms with Crippen LogP contribution >= 0.6 is 0 Å². The Morgan fingerprint density at radius 3 is 2.75 bits per heavy atom. The van der Waals surface area contributed by atoms with Gasteiger partial charge in [-0.3, -0.25) is 5.32 Å². The van der Waals surface area contributed by atoms with Gasteiger partial charge >= 0.3 is 0 Å². The van der Waals surface area contributed by atoms with E-state index >= 15 is 0 Å². The number of nitriles is 1. The molecule has 0 aromatic heterocycles. The Hall–Kier alpha value is -0.590. The quantitative estimate of drug-likeness (QED) is 0.809. The van der Waals surface area contributed by atoms with Gasteiger partial charge in [-0.25, -0.2) is 0 Å². The molecule has 3 fully saturated rings.